The van der Waals surface area contributed by atoms with E-state index in [2.05, 4.69) is 0 Å². The van der Waals surface area contributed by atoms with E-state index in [1.165, 1.54) is 4.90 Å². The van der Waals surface area contributed by atoms with Crippen molar-refractivity contribution in [3.63, 3.8) is 0 Å². The Kier molecular flexibility index (Phi) is 4.94. The average molecular weight is 337 g/mol. The number of carboxylic acid groups (broad SMARTS) is 1. The van der Waals surface area contributed by atoms with Gasteiger partial charge in [-0.3, -0.25) is 4.90 Å². The summed E-state index contributed by atoms with van der Waals surface area (Å²) in [7, 11) is 0. The highest BCUT2D eigenvalue weighted by Gasteiger charge is 2.51. The molecular formula is C17H23NO4S. The maximum absolute atomic E-state index is 12.5. The zero-order valence-corrected chi connectivity index (χ0v) is 14.6. The van der Waals surface area contributed by atoms with Crippen molar-refractivity contribution in [1.29, 1.82) is 0 Å². The molecule has 23 heavy (non-hydrogen) atoms. The number of rotatable bonds is 3. The van der Waals surface area contributed by atoms with Gasteiger partial charge >= 0.3 is 12.1 Å². The predicted molar refractivity (Wildman–Crippen MR) is 91.6 cm³/mol. The number of amides is 1. The normalized spacial score (nSPS) is 24.6. The summed E-state index contributed by atoms with van der Waals surface area (Å²) in [6.07, 6.45) is 7.11. The van der Waals surface area contributed by atoms with Crippen LogP contribution in [0.1, 0.15) is 46.5 Å². The van der Waals surface area contributed by atoms with Crippen LogP contribution in [0.3, 0.4) is 0 Å². The Morgan fingerprint density at radius 3 is 2.70 bits per heavy atom. The van der Waals surface area contributed by atoms with E-state index in [1.807, 2.05) is 18.2 Å². The molecule has 1 saturated heterocycles. The molecule has 0 unspecified atom stereocenters. The number of carboxylic acids is 1. The van der Waals surface area contributed by atoms with Gasteiger partial charge in [-0.1, -0.05) is 24.4 Å². The molecule has 1 fully saturated rings. The number of aliphatic carboxylic acids is 1. The van der Waals surface area contributed by atoms with E-state index in [9.17, 15) is 14.7 Å². The Bertz CT molecular complexity index is 588. The van der Waals surface area contributed by atoms with E-state index in [1.54, 1.807) is 20.8 Å². The van der Waals surface area contributed by atoms with E-state index in [-0.39, 0.29) is 6.42 Å². The first-order valence-corrected chi connectivity index (χ1v) is 8.19. The molecule has 1 amide bonds. The second-order valence-corrected chi connectivity index (χ2v) is 7.57. The van der Waals surface area contributed by atoms with Crippen LogP contribution in [0.2, 0.25) is 0 Å². The number of carbonyl (C=O) groups excluding carboxylic acids is 1. The average Bonchev–Trinajstić information content (AvgIpc) is 2.82. The molecule has 5 nitrogen and oxygen atoms in total. The van der Waals surface area contributed by atoms with Gasteiger partial charge < -0.3 is 9.84 Å². The van der Waals surface area contributed by atoms with Gasteiger partial charge in [-0.2, -0.15) is 0 Å². The zero-order chi connectivity index (χ0) is 17.3. The first kappa shape index (κ1) is 17.7. The molecule has 0 saturated carbocycles. The second kappa shape index (κ2) is 6.43. The van der Waals surface area contributed by atoms with Crippen molar-refractivity contribution >= 4 is 29.1 Å². The smallest absolute Gasteiger partial charge is 0.411 e. The van der Waals surface area contributed by atoms with Gasteiger partial charge in [-0.05, 0) is 45.3 Å². The maximum atomic E-state index is 12.5. The van der Waals surface area contributed by atoms with Gasteiger partial charge in [0.05, 0.1) is 0 Å². The Morgan fingerprint density at radius 1 is 1.43 bits per heavy atom. The fourth-order valence-corrected chi connectivity index (χ4v) is 3.28. The number of likely N-dealkylation sites (tertiary alicyclic amines) is 1. The van der Waals surface area contributed by atoms with Gasteiger partial charge in [-0.25, -0.2) is 9.59 Å². The van der Waals surface area contributed by atoms with Crippen LogP contribution in [-0.2, 0) is 9.53 Å². The summed E-state index contributed by atoms with van der Waals surface area (Å²) in [6.45, 7) is 5.71. The minimum Gasteiger partial charge on any atom is -0.479 e. The molecule has 0 aromatic heterocycles. The molecule has 1 aliphatic carbocycles. The molecule has 2 aliphatic rings. The van der Waals surface area contributed by atoms with Crippen molar-refractivity contribution in [3.8, 4) is 0 Å². The standard InChI is InChI=1S/C17H23NO4S/c1-16(2,3)22-15(21)18-9-5-8-17(18,14(19)20)11-12-6-4-7-13(23)10-12/h4,6,10H,5,7-9,11H2,1-3H3,(H,19,20)/t17-/m0/s1. The van der Waals surface area contributed by atoms with Crippen LogP contribution in [0.25, 0.3) is 0 Å². The van der Waals surface area contributed by atoms with Crippen molar-refractivity contribution in [2.24, 2.45) is 0 Å². The van der Waals surface area contributed by atoms with Crippen LogP contribution in [0.5, 0.6) is 0 Å². The molecule has 0 bridgehead atoms. The van der Waals surface area contributed by atoms with Crippen molar-refractivity contribution < 1.29 is 19.4 Å². The van der Waals surface area contributed by atoms with Gasteiger partial charge in [0.25, 0.3) is 0 Å². The van der Waals surface area contributed by atoms with Crippen LogP contribution in [-0.4, -0.2) is 44.6 Å². The number of carbonyl (C=O) groups is 2. The van der Waals surface area contributed by atoms with E-state index in [4.69, 9.17) is 17.0 Å². The molecular weight excluding hydrogens is 314 g/mol. The van der Waals surface area contributed by atoms with Crippen molar-refractivity contribution in [1.82, 2.24) is 4.90 Å². The van der Waals surface area contributed by atoms with Crippen LogP contribution in [0.15, 0.2) is 23.8 Å². The van der Waals surface area contributed by atoms with Gasteiger partial charge in [0.15, 0.2) is 0 Å². The highest BCUT2D eigenvalue weighted by atomic mass is 32.1. The number of hydrogen-bond acceptors (Lipinski definition) is 4. The molecule has 0 spiro atoms. The summed E-state index contributed by atoms with van der Waals surface area (Å²) >= 11 is 5.20. The molecule has 1 N–H and O–H groups in total. The van der Waals surface area contributed by atoms with Gasteiger partial charge in [0, 0.05) is 24.3 Å². The summed E-state index contributed by atoms with van der Waals surface area (Å²) < 4.78 is 5.40. The van der Waals surface area contributed by atoms with E-state index >= 15 is 0 Å². The molecule has 2 rings (SSSR count). The quantitative estimate of drug-likeness (QED) is 0.799. The highest BCUT2D eigenvalue weighted by molar-refractivity contribution is 7.80. The number of hydrogen-bond donors (Lipinski definition) is 1. The lowest BCUT2D eigenvalue weighted by molar-refractivity contribution is -0.149. The number of ether oxygens (including phenoxy) is 1. The molecule has 1 heterocycles. The molecule has 0 radical (unpaired) electrons. The van der Waals surface area contributed by atoms with Crippen LogP contribution >= 0.6 is 12.2 Å². The van der Waals surface area contributed by atoms with Crippen molar-refractivity contribution in [2.75, 3.05) is 6.54 Å². The molecule has 1 aliphatic heterocycles. The Labute approximate surface area is 142 Å². The van der Waals surface area contributed by atoms with Crippen LogP contribution in [0.4, 0.5) is 4.79 Å². The molecule has 0 aromatic carbocycles. The zero-order valence-electron chi connectivity index (χ0n) is 13.8. The van der Waals surface area contributed by atoms with Crippen LogP contribution in [0, 0.1) is 0 Å². The third-order valence-corrected chi connectivity index (χ3v) is 4.28. The van der Waals surface area contributed by atoms with Crippen LogP contribution < -0.4 is 0 Å². The van der Waals surface area contributed by atoms with E-state index in [0.29, 0.717) is 25.8 Å². The lowest BCUT2D eigenvalue weighted by atomic mass is 9.86. The largest absolute Gasteiger partial charge is 0.479 e. The first-order valence-electron chi connectivity index (χ1n) is 7.78. The van der Waals surface area contributed by atoms with Crippen molar-refractivity contribution in [3.05, 3.63) is 23.8 Å². The summed E-state index contributed by atoms with van der Waals surface area (Å²) in [4.78, 5) is 26.6. The Morgan fingerprint density at radius 2 is 2.13 bits per heavy atom. The fraction of sp³-hybridized carbons (Fsp3) is 0.588. The fourth-order valence-electron chi connectivity index (χ4n) is 3.03. The Balaban J connectivity index is 2.28. The lowest BCUT2D eigenvalue weighted by Gasteiger charge is -2.36. The van der Waals surface area contributed by atoms with Gasteiger partial charge in [0.1, 0.15) is 11.1 Å². The van der Waals surface area contributed by atoms with E-state index < -0.39 is 23.2 Å². The molecule has 0 aromatic rings. The SMILES string of the molecule is CC(C)(C)OC(=O)N1CCC[C@]1(CC1=CC(=S)CC=C1)C(=O)O. The molecule has 6 heteroatoms. The highest BCUT2D eigenvalue weighted by Crippen LogP contribution is 2.37. The minimum absolute atomic E-state index is 0.248. The Hall–Kier alpha value is -1.69. The first-order chi connectivity index (χ1) is 10.6. The monoisotopic (exact) mass is 337 g/mol. The molecule has 126 valence electrons. The topological polar surface area (TPSA) is 66.8 Å². The van der Waals surface area contributed by atoms with Gasteiger partial charge in [-0.15, -0.1) is 0 Å². The van der Waals surface area contributed by atoms with Crippen molar-refractivity contribution in [2.45, 2.75) is 57.6 Å². The number of allylic oxidation sites excluding steroid dienone is 3. The third kappa shape index (κ3) is 3.99. The lowest BCUT2D eigenvalue weighted by Crippen LogP contribution is -2.54. The molecule has 1 atom stereocenters. The minimum atomic E-state index is -1.26. The number of thiocarbonyl (C=S) groups is 1. The summed E-state index contributed by atoms with van der Waals surface area (Å²) in [5.74, 6) is -0.994. The maximum Gasteiger partial charge on any atom is 0.411 e. The third-order valence-electron chi connectivity index (χ3n) is 3.99. The second-order valence-electron chi connectivity index (χ2n) is 7.04. The number of nitrogens with zero attached hydrogens (tertiary/aromatic N) is 1. The summed E-state index contributed by atoms with van der Waals surface area (Å²) in [5.41, 5.74) is -1.07. The van der Waals surface area contributed by atoms with E-state index in [0.717, 1.165) is 10.4 Å². The van der Waals surface area contributed by atoms with Gasteiger partial charge in [0.2, 0.25) is 0 Å². The predicted octanol–water partition coefficient (Wildman–Crippen LogP) is 3.49. The summed E-state index contributed by atoms with van der Waals surface area (Å²) in [5, 5.41) is 9.84. The summed E-state index contributed by atoms with van der Waals surface area (Å²) in [6, 6.07) is 0.